The Kier molecular flexibility index (Phi) is 34.0. The number of hydrogen-bond acceptors (Lipinski definition) is 22. The van der Waals surface area contributed by atoms with Gasteiger partial charge in [-0.1, -0.05) is 27.7 Å². The number of primary amides is 2. The number of carbonyl (C=O) groups excluding carboxylic acids is 13. The summed E-state index contributed by atoms with van der Waals surface area (Å²) in [6.45, 7) is 3.93. The number of carboxylic acids is 4. The fourth-order valence-corrected chi connectivity index (χ4v) is 7.90. The third-order valence-corrected chi connectivity index (χ3v) is 12.8. The number of aromatic amines is 1. The van der Waals surface area contributed by atoms with Gasteiger partial charge in [0, 0.05) is 31.2 Å². The van der Waals surface area contributed by atoms with Crippen molar-refractivity contribution >= 4 is 101 Å². The van der Waals surface area contributed by atoms with Crippen LogP contribution in [-0.4, -0.2) is 239 Å². The normalized spacial score (nSPS) is 15.0. The van der Waals surface area contributed by atoms with Crippen LogP contribution in [-0.2, 0) is 87.9 Å². The van der Waals surface area contributed by atoms with Gasteiger partial charge in [-0.3, -0.25) is 76.7 Å². The number of aliphatic carboxylic acids is 4. The number of carbonyl (C=O) groups is 17. The van der Waals surface area contributed by atoms with E-state index in [0.717, 1.165) is 6.92 Å². The lowest BCUT2D eigenvalue weighted by Gasteiger charge is -2.29. The molecule has 25 N–H and O–H groups in total. The predicted molar refractivity (Wildman–Crippen MR) is 304 cm³/mol. The molecule has 13 amide bonds. The first-order valence-electron chi connectivity index (χ1n) is 27.8. The Morgan fingerprint density at radius 2 is 0.846 bits per heavy atom. The number of nitrogens with one attached hydrogen (secondary N) is 12. The summed E-state index contributed by atoms with van der Waals surface area (Å²) in [6.07, 6.45) is -4.49. The average molecular weight is 1300 g/mol. The molecule has 1 rings (SSSR count). The molecule has 0 radical (unpaired) electrons. The zero-order chi connectivity index (χ0) is 69.6. The second kappa shape index (κ2) is 39.1. The van der Waals surface area contributed by atoms with Crippen LogP contribution in [0.1, 0.15) is 91.7 Å². The summed E-state index contributed by atoms with van der Waals surface area (Å²) in [7, 11) is 0. The number of aliphatic hydroxyl groups is 3. The van der Waals surface area contributed by atoms with Crippen molar-refractivity contribution in [3.63, 3.8) is 0 Å². The van der Waals surface area contributed by atoms with E-state index < -0.39 is 256 Å². The lowest BCUT2D eigenvalue weighted by molar-refractivity contribution is -0.144. The first-order chi connectivity index (χ1) is 42.4. The molecule has 1 heterocycles. The molecule has 508 valence electrons. The number of imidazole rings is 1. The standard InChI is InChI=1S/C51H80N16O24/c1-20(2)10-27(45(84)65-32(17-69)49(88)66-33(18-70)51(90)91)61-47(86)30(13-37(75)76)63-46(85)28(11-23-15-55-19-56-23)64-50(89)39(21(3)4)67-48(87)31(14-38(77)78)62-43(82)26(7-9-36(73)74)59-42(81)25(6-8-34(53)71)58-40(79)22(5)57-44(83)29(12-35(54)72)60-41(80)24(52)16-68/h15,19-22,24-33,39,68-70H,6-14,16-18,52H2,1-5H3,(H2,53,71)(H2,54,72)(H,55,56)(H,57,83)(H,58,79)(H,59,81)(H,60,80)(H,61,86)(H,62,82)(H,63,85)(H,64,89)(H,65,84)(H,66,88)(H,67,87)(H,73,74)(H,75,76)(H,77,78)(H,90,91)/t22-,24-,25-,26-,27-,28-,29-,30-,31-,32-,33-,39-/m0/s1. The van der Waals surface area contributed by atoms with Crippen LogP contribution < -0.4 is 75.7 Å². The highest BCUT2D eigenvalue weighted by Crippen LogP contribution is 2.12. The first-order valence-corrected chi connectivity index (χ1v) is 27.8. The lowest BCUT2D eigenvalue weighted by atomic mass is 10.0. The maximum absolute atomic E-state index is 14.2. The van der Waals surface area contributed by atoms with Crippen LogP contribution in [0.2, 0.25) is 0 Å². The van der Waals surface area contributed by atoms with Gasteiger partial charge in [0.1, 0.15) is 72.5 Å². The minimum atomic E-state index is -2.16. The van der Waals surface area contributed by atoms with Crippen molar-refractivity contribution in [3.8, 4) is 0 Å². The van der Waals surface area contributed by atoms with Gasteiger partial charge in [-0.05, 0) is 38.0 Å². The number of hydrogen-bond donors (Lipinski definition) is 22. The molecule has 0 spiro atoms. The van der Waals surface area contributed by atoms with Crippen LogP contribution >= 0.6 is 0 Å². The molecule has 0 saturated carbocycles. The molecule has 0 aliphatic rings. The van der Waals surface area contributed by atoms with E-state index in [1.807, 2.05) is 5.32 Å². The Labute approximate surface area is 517 Å². The van der Waals surface area contributed by atoms with E-state index in [-0.39, 0.29) is 12.1 Å². The first kappa shape index (κ1) is 79.1. The van der Waals surface area contributed by atoms with Crippen LogP contribution in [0.3, 0.4) is 0 Å². The van der Waals surface area contributed by atoms with Crippen molar-refractivity contribution in [2.45, 2.75) is 165 Å². The topological polar surface area (TPSA) is 671 Å². The van der Waals surface area contributed by atoms with E-state index >= 15 is 0 Å². The van der Waals surface area contributed by atoms with Gasteiger partial charge in [0.2, 0.25) is 76.8 Å². The number of aromatic nitrogens is 2. The van der Waals surface area contributed by atoms with Crippen molar-refractivity contribution in [2.75, 3.05) is 19.8 Å². The number of H-pyrrole nitrogens is 1. The molecule has 0 unspecified atom stereocenters. The molecular weight excluding hydrogens is 1220 g/mol. The van der Waals surface area contributed by atoms with Gasteiger partial charge < -0.3 is 116 Å². The van der Waals surface area contributed by atoms with Crippen LogP contribution in [0.25, 0.3) is 0 Å². The number of nitrogens with zero attached hydrogens (tertiary/aromatic N) is 1. The molecule has 0 saturated heterocycles. The average Bonchev–Trinajstić information content (AvgIpc) is 2.13. The third-order valence-electron chi connectivity index (χ3n) is 12.8. The second-order valence-electron chi connectivity index (χ2n) is 21.2. The molecule has 0 aliphatic heterocycles. The number of carboxylic acid groups (broad SMARTS) is 4. The fraction of sp³-hybridized carbons (Fsp3) is 0.608. The SMILES string of the molecule is CC(C)C[C@H](NC(=O)[C@H](CC(=O)O)NC(=O)[C@H](Cc1cnc[nH]1)NC(=O)[C@@H](NC(=O)[C@H](CC(=O)O)NC(=O)[C@H](CCC(=O)O)NC(=O)[C@H](CCC(N)=O)NC(=O)[C@H](C)NC(=O)[C@H](CC(N)=O)NC(=O)[C@@H](N)CO)C(C)C)C(=O)N[C@@H](CO)C(=O)N[C@@H](CO)C(=O)O. The van der Waals surface area contributed by atoms with Crippen LogP contribution in [0.5, 0.6) is 0 Å². The molecule has 1 aromatic heterocycles. The number of amides is 13. The summed E-state index contributed by atoms with van der Waals surface area (Å²) in [5.41, 5.74) is 16.1. The Balaban J connectivity index is 3.58. The summed E-state index contributed by atoms with van der Waals surface area (Å²) >= 11 is 0. The monoisotopic (exact) mass is 1300 g/mol. The molecule has 0 bridgehead atoms. The Bertz CT molecular complexity index is 2780. The summed E-state index contributed by atoms with van der Waals surface area (Å²) in [6, 6.07) is -21.8. The van der Waals surface area contributed by atoms with Crippen LogP contribution in [0.15, 0.2) is 12.5 Å². The summed E-state index contributed by atoms with van der Waals surface area (Å²) in [5, 5.41) is 90.5. The lowest BCUT2D eigenvalue weighted by Crippen LogP contribution is -2.62. The van der Waals surface area contributed by atoms with Gasteiger partial charge in [0.25, 0.3) is 0 Å². The van der Waals surface area contributed by atoms with Crippen molar-refractivity contribution in [1.29, 1.82) is 0 Å². The number of aliphatic hydroxyl groups excluding tert-OH is 3. The van der Waals surface area contributed by atoms with Gasteiger partial charge in [-0.2, -0.15) is 0 Å². The zero-order valence-electron chi connectivity index (χ0n) is 50.0. The van der Waals surface area contributed by atoms with Gasteiger partial charge >= 0.3 is 23.9 Å². The molecule has 0 fully saturated rings. The number of rotatable bonds is 43. The van der Waals surface area contributed by atoms with Crippen molar-refractivity contribution in [1.82, 2.24) is 68.5 Å². The van der Waals surface area contributed by atoms with Gasteiger partial charge in [-0.25, -0.2) is 9.78 Å². The Hall–Kier alpha value is -9.96. The molecule has 40 nitrogen and oxygen atoms in total. The summed E-state index contributed by atoms with van der Waals surface area (Å²) in [5.74, 6) is -23.9. The van der Waals surface area contributed by atoms with E-state index in [0.29, 0.717) is 0 Å². The van der Waals surface area contributed by atoms with E-state index in [1.54, 1.807) is 13.8 Å². The maximum Gasteiger partial charge on any atom is 0.328 e. The Morgan fingerprint density at radius 1 is 0.440 bits per heavy atom. The third kappa shape index (κ3) is 29.3. The zero-order valence-corrected chi connectivity index (χ0v) is 50.0. The molecule has 0 aromatic carbocycles. The van der Waals surface area contributed by atoms with E-state index in [2.05, 4.69) is 63.1 Å². The van der Waals surface area contributed by atoms with Gasteiger partial charge in [-0.15, -0.1) is 0 Å². The largest absolute Gasteiger partial charge is 0.481 e. The molecule has 12 atom stereocenters. The highest BCUT2D eigenvalue weighted by Gasteiger charge is 2.38. The molecule has 0 aliphatic carbocycles. The van der Waals surface area contributed by atoms with E-state index in [4.69, 9.17) is 17.2 Å². The minimum Gasteiger partial charge on any atom is -0.481 e. The predicted octanol–water partition coefficient (Wildman–Crippen LogP) is -10.6. The van der Waals surface area contributed by atoms with Crippen LogP contribution in [0.4, 0.5) is 0 Å². The van der Waals surface area contributed by atoms with E-state index in [9.17, 15) is 117 Å². The maximum atomic E-state index is 14.2. The Morgan fingerprint density at radius 3 is 1.30 bits per heavy atom. The van der Waals surface area contributed by atoms with Crippen molar-refractivity contribution in [2.24, 2.45) is 29.0 Å². The highest BCUT2D eigenvalue weighted by atomic mass is 16.4. The second-order valence-corrected chi connectivity index (χ2v) is 21.2. The highest BCUT2D eigenvalue weighted by molar-refractivity contribution is 6.01. The minimum absolute atomic E-state index is 0.144. The molecule has 1 aromatic rings. The molecule has 91 heavy (non-hydrogen) atoms. The summed E-state index contributed by atoms with van der Waals surface area (Å²) < 4.78 is 0. The smallest absolute Gasteiger partial charge is 0.328 e. The molecular formula is C51H80N16O24. The van der Waals surface area contributed by atoms with Gasteiger partial charge in [0.05, 0.1) is 45.4 Å². The fourth-order valence-electron chi connectivity index (χ4n) is 7.90. The van der Waals surface area contributed by atoms with Crippen LogP contribution in [0, 0.1) is 11.8 Å². The quantitative estimate of drug-likeness (QED) is 0.0289. The molecule has 40 heteroatoms. The van der Waals surface area contributed by atoms with E-state index in [1.165, 1.54) is 26.4 Å². The van der Waals surface area contributed by atoms with Crippen molar-refractivity contribution < 1.29 is 117 Å². The summed E-state index contributed by atoms with van der Waals surface area (Å²) in [4.78, 5) is 226. The van der Waals surface area contributed by atoms with Gasteiger partial charge in [0.15, 0.2) is 0 Å². The number of nitrogens with two attached hydrogens (primary N) is 3. The van der Waals surface area contributed by atoms with Crippen molar-refractivity contribution in [3.05, 3.63) is 18.2 Å².